The average Bonchev–Trinajstić information content (AvgIpc) is 3.20. The number of rotatable bonds is 5. The Kier molecular flexibility index (Phi) is 5.03. The number of halogens is 1. The summed E-state index contributed by atoms with van der Waals surface area (Å²) in [5.41, 5.74) is 1.00. The number of benzene rings is 2. The topological polar surface area (TPSA) is 92.9 Å². The third kappa shape index (κ3) is 3.72. The van der Waals surface area contributed by atoms with Crippen LogP contribution in [0.3, 0.4) is 0 Å². The highest BCUT2D eigenvalue weighted by Gasteiger charge is 2.22. The molecular weight excluding hydrogens is 388 g/mol. The van der Waals surface area contributed by atoms with Gasteiger partial charge in [-0.15, -0.1) is 0 Å². The summed E-state index contributed by atoms with van der Waals surface area (Å²) in [7, 11) is 1.49. The fraction of sp³-hybridized carbons (Fsp3) is 0.211. The van der Waals surface area contributed by atoms with Crippen molar-refractivity contribution in [3.8, 4) is 28.6 Å². The molecule has 4 rings (SSSR count). The highest BCUT2D eigenvalue weighted by Crippen LogP contribution is 2.40. The summed E-state index contributed by atoms with van der Waals surface area (Å²) in [6, 6.07) is 10.1. The Morgan fingerprint density at radius 3 is 2.75 bits per heavy atom. The van der Waals surface area contributed by atoms with Crippen molar-refractivity contribution in [1.29, 1.82) is 0 Å². The standard InChI is InChI=1S/C19H15ClN2O6/c1-24-14-8-12(9-15-17(14)26-7-6-25-15)19(23)27-10-16-21-18(22-28-16)11-2-4-13(20)5-3-11/h2-5,8-9H,6-7,10H2,1H3. The van der Waals surface area contributed by atoms with Crippen LogP contribution in [0.1, 0.15) is 16.2 Å². The number of carbonyl (C=O) groups is 1. The molecule has 8 nitrogen and oxygen atoms in total. The van der Waals surface area contributed by atoms with Gasteiger partial charge in [0.2, 0.25) is 11.6 Å². The zero-order chi connectivity index (χ0) is 19.5. The van der Waals surface area contributed by atoms with E-state index in [1.807, 2.05) is 0 Å². The van der Waals surface area contributed by atoms with Crippen molar-refractivity contribution in [3.63, 3.8) is 0 Å². The van der Waals surface area contributed by atoms with E-state index >= 15 is 0 Å². The quantitative estimate of drug-likeness (QED) is 0.598. The summed E-state index contributed by atoms with van der Waals surface area (Å²) in [5.74, 6) is 1.26. The van der Waals surface area contributed by atoms with E-state index in [9.17, 15) is 4.79 Å². The van der Waals surface area contributed by atoms with Crippen LogP contribution < -0.4 is 14.2 Å². The van der Waals surface area contributed by atoms with E-state index in [2.05, 4.69) is 10.1 Å². The molecule has 1 aliphatic heterocycles. The van der Waals surface area contributed by atoms with Crippen LogP contribution in [-0.2, 0) is 11.3 Å². The van der Waals surface area contributed by atoms with E-state index in [1.165, 1.54) is 13.2 Å². The fourth-order valence-electron chi connectivity index (χ4n) is 2.63. The van der Waals surface area contributed by atoms with Crippen LogP contribution in [0.5, 0.6) is 17.2 Å². The molecule has 28 heavy (non-hydrogen) atoms. The number of esters is 1. The first-order valence-electron chi connectivity index (χ1n) is 8.37. The monoisotopic (exact) mass is 402 g/mol. The molecule has 144 valence electrons. The third-order valence-corrected chi connectivity index (χ3v) is 4.21. The average molecular weight is 403 g/mol. The van der Waals surface area contributed by atoms with Crippen molar-refractivity contribution in [2.45, 2.75) is 6.61 Å². The summed E-state index contributed by atoms with van der Waals surface area (Å²) >= 11 is 5.87. The number of fused-ring (bicyclic) bond motifs is 1. The maximum Gasteiger partial charge on any atom is 0.338 e. The normalized spacial score (nSPS) is 12.5. The number of methoxy groups -OCH3 is 1. The van der Waals surface area contributed by atoms with E-state index in [0.717, 1.165) is 5.56 Å². The lowest BCUT2D eigenvalue weighted by Crippen LogP contribution is -2.17. The number of ether oxygens (including phenoxy) is 4. The van der Waals surface area contributed by atoms with Gasteiger partial charge in [-0.25, -0.2) is 4.79 Å². The van der Waals surface area contributed by atoms with Gasteiger partial charge in [-0.1, -0.05) is 16.8 Å². The van der Waals surface area contributed by atoms with E-state index in [4.69, 9.17) is 35.1 Å². The number of aromatic nitrogens is 2. The maximum absolute atomic E-state index is 12.4. The van der Waals surface area contributed by atoms with E-state index in [0.29, 0.717) is 41.3 Å². The van der Waals surface area contributed by atoms with Gasteiger partial charge in [0.05, 0.1) is 12.7 Å². The Balaban J connectivity index is 1.45. The lowest BCUT2D eigenvalue weighted by atomic mass is 10.1. The van der Waals surface area contributed by atoms with E-state index in [1.54, 1.807) is 30.3 Å². The lowest BCUT2D eigenvalue weighted by Gasteiger charge is -2.21. The van der Waals surface area contributed by atoms with Crippen LogP contribution >= 0.6 is 11.6 Å². The Labute approximate surface area is 164 Å². The maximum atomic E-state index is 12.4. The van der Waals surface area contributed by atoms with E-state index in [-0.39, 0.29) is 18.1 Å². The minimum Gasteiger partial charge on any atom is -0.493 e. The van der Waals surface area contributed by atoms with Crippen LogP contribution in [-0.4, -0.2) is 36.4 Å². The zero-order valence-corrected chi connectivity index (χ0v) is 15.6. The predicted octanol–water partition coefficient (Wildman–Crippen LogP) is 3.53. The zero-order valence-electron chi connectivity index (χ0n) is 14.8. The Morgan fingerprint density at radius 2 is 1.96 bits per heavy atom. The highest BCUT2D eigenvalue weighted by atomic mass is 35.5. The smallest absolute Gasteiger partial charge is 0.338 e. The van der Waals surface area contributed by atoms with Gasteiger partial charge in [0.15, 0.2) is 18.1 Å². The molecule has 2 aromatic carbocycles. The minimum atomic E-state index is -0.582. The van der Waals surface area contributed by atoms with Gasteiger partial charge in [-0.3, -0.25) is 0 Å². The first-order chi connectivity index (χ1) is 13.6. The predicted molar refractivity (Wildman–Crippen MR) is 97.8 cm³/mol. The molecule has 0 amide bonds. The molecule has 1 aliphatic rings. The first kappa shape index (κ1) is 18.1. The number of hydrogen-bond acceptors (Lipinski definition) is 8. The van der Waals surface area contributed by atoms with Crippen molar-refractivity contribution in [2.75, 3.05) is 20.3 Å². The van der Waals surface area contributed by atoms with Crippen LogP contribution in [0, 0.1) is 0 Å². The van der Waals surface area contributed by atoms with Crippen molar-refractivity contribution < 1.29 is 28.3 Å². The van der Waals surface area contributed by atoms with Gasteiger partial charge >= 0.3 is 5.97 Å². The fourth-order valence-corrected chi connectivity index (χ4v) is 2.76. The molecule has 0 bridgehead atoms. The molecule has 0 spiro atoms. The molecule has 0 atom stereocenters. The third-order valence-electron chi connectivity index (χ3n) is 3.96. The summed E-state index contributed by atoms with van der Waals surface area (Å²) in [4.78, 5) is 16.6. The van der Waals surface area contributed by atoms with Gasteiger partial charge in [0.1, 0.15) is 13.2 Å². The molecule has 3 aromatic rings. The van der Waals surface area contributed by atoms with Crippen molar-refractivity contribution in [2.24, 2.45) is 0 Å². The molecular formula is C19H15ClN2O6. The van der Waals surface area contributed by atoms with Crippen molar-refractivity contribution in [3.05, 3.63) is 52.9 Å². The lowest BCUT2D eigenvalue weighted by molar-refractivity contribution is 0.0428. The van der Waals surface area contributed by atoms with Crippen LogP contribution in [0.4, 0.5) is 0 Å². The Hall–Kier alpha value is -3.26. The SMILES string of the molecule is COc1cc(C(=O)OCc2nc(-c3ccc(Cl)cc3)no2)cc2c1OCCO2. The van der Waals surface area contributed by atoms with Crippen LogP contribution in [0.2, 0.25) is 5.02 Å². The second kappa shape index (κ2) is 7.77. The van der Waals surface area contributed by atoms with Crippen molar-refractivity contribution in [1.82, 2.24) is 10.1 Å². The second-order valence-electron chi connectivity index (χ2n) is 5.80. The summed E-state index contributed by atoms with van der Waals surface area (Å²) in [6.07, 6.45) is 0. The molecule has 0 radical (unpaired) electrons. The molecule has 0 saturated carbocycles. The van der Waals surface area contributed by atoms with Crippen molar-refractivity contribution >= 4 is 17.6 Å². The Morgan fingerprint density at radius 1 is 1.18 bits per heavy atom. The van der Waals surface area contributed by atoms with Gasteiger partial charge in [0, 0.05) is 10.6 Å². The molecule has 0 saturated heterocycles. The van der Waals surface area contributed by atoms with Crippen LogP contribution in [0.25, 0.3) is 11.4 Å². The minimum absolute atomic E-state index is 0.169. The summed E-state index contributed by atoms with van der Waals surface area (Å²) in [6.45, 7) is 0.639. The van der Waals surface area contributed by atoms with Gasteiger partial charge in [-0.2, -0.15) is 4.98 Å². The molecule has 9 heteroatoms. The summed E-state index contributed by atoms with van der Waals surface area (Å²) in [5, 5.41) is 4.48. The first-order valence-corrected chi connectivity index (χ1v) is 8.75. The molecule has 2 heterocycles. The molecule has 0 N–H and O–H groups in total. The molecule has 1 aromatic heterocycles. The summed E-state index contributed by atoms with van der Waals surface area (Å²) < 4.78 is 26.7. The number of carbonyl (C=O) groups excluding carboxylic acids is 1. The largest absolute Gasteiger partial charge is 0.493 e. The van der Waals surface area contributed by atoms with E-state index < -0.39 is 5.97 Å². The van der Waals surface area contributed by atoms with Gasteiger partial charge in [0.25, 0.3) is 5.89 Å². The van der Waals surface area contributed by atoms with Gasteiger partial charge < -0.3 is 23.5 Å². The second-order valence-corrected chi connectivity index (χ2v) is 6.23. The molecule has 0 aliphatic carbocycles. The van der Waals surface area contributed by atoms with Crippen LogP contribution in [0.15, 0.2) is 40.9 Å². The number of hydrogen-bond donors (Lipinski definition) is 0. The van der Waals surface area contributed by atoms with Gasteiger partial charge in [-0.05, 0) is 36.4 Å². The molecule has 0 unspecified atom stereocenters. The molecule has 0 fully saturated rings. The number of nitrogens with zero attached hydrogens (tertiary/aromatic N) is 2. The Bertz CT molecular complexity index is 985. The highest BCUT2D eigenvalue weighted by molar-refractivity contribution is 6.30.